The van der Waals surface area contributed by atoms with Gasteiger partial charge in [-0.05, 0) is 37.0 Å². The van der Waals surface area contributed by atoms with Gasteiger partial charge < -0.3 is 15.6 Å². The summed E-state index contributed by atoms with van der Waals surface area (Å²) in [6, 6.07) is 6.62. The summed E-state index contributed by atoms with van der Waals surface area (Å²) in [6.45, 7) is 10.7. The molecule has 0 unspecified atom stereocenters. The number of likely N-dealkylation sites (N-methyl/N-ethyl adjacent to an activating group) is 1. The first-order valence-corrected chi connectivity index (χ1v) is 8.99. The minimum atomic E-state index is -0.0943. The Morgan fingerprint density at radius 3 is 2.38 bits per heavy atom. The number of hydrogen-bond acceptors (Lipinski definition) is 4. The van der Waals surface area contributed by atoms with Crippen molar-refractivity contribution >= 4 is 12.1 Å². The van der Waals surface area contributed by atoms with Crippen molar-refractivity contribution in [2.75, 3.05) is 33.2 Å². The summed E-state index contributed by atoms with van der Waals surface area (Å²) in [5.74, 6) is -0.0943. The molecule has 1 saturated heterocycles. The number of benzene rings is 1. The summed E-state index contributed by atoms with van der Waals surface area (Å²) >= 11 is 0. The molecule has 0 atom stereocenters. The molecule has 0 radical (unpaired) electrons. The van der Waals surface area contributed by atoms with Crippen LogP contribution in [0.25, 0.3) is 0 Å². The molecule has 1 heterocycles. The van der Waals surface area contributed by atoms with Gasteiger partial charge in [-0.3, -0.25) is 9.69 Å². The van der Waals surface area contributed by atoms with Gasteiger partial charge in [0.15, 0.2) is 0 Å². The van der Waals surface area contributed by atoms with Crippen LogP contribution in [0.3, 0.4) is 0 Å². The molecule has 1 amide bonds. The van der Waals surface area contributed by atoms with Gasteiger partial charge in [-0.25, -0.2) is 0 Å². The maximum Gasteiger partial charge on any atom is 0.267 e. The number of rotatable bonds is 6. The van der Waals surface area contributed by atoms with E-state index in [1.54, 1.807) is 7.05 Å². The van der Waals surface area contributed by atoms with E-state index in [4.69, 9.17) is 5.41 Å². The number of allylic oxidation sites excluding steroid dienone is 1. The van der Waals surface area contributed by atoms with Crippen molar-refractivity contribution < 1.29 is 25.9 Å². The Morgan fingerprint density at radius 2 is 1.88 bits per heavy atom. The fourth-order valence-electron chi connectivity index (χ4n) is 3.34. The summed E-state index contributed by atoms with van der Waals surface area (Å²) in [5.41, 5.74) is 5.46. The fourth-order valence-corrected chi connectivity index (χ4v) is 3.34. The van der Waals surface area contributed by atoms with E-state index in [1.165, 1.54) is 22.9 Å². The third-order valence-corrected chi connectivity index (χ3v) is 4.88. The third-order valence-electron chi connectivity index (χ3n) is 4.88. The maximum atomic E-state index is 12.3. The van der Waals surface area contributed by atoms with Crippen molar-refractivity contribution in [2.45, 2.75) is 33.7 Å². The van der Waals surface area contributed by atoms with Crippen molar-refractivity contribution in [1.29, 1.82) is 5.41 Å². The quantitative estimate of drug-likeness (QED) is 0.443. The molecule has 1 aliphatic rings. The monoisotopic (exact) mass is 526 g/mol. The average Bonchev–Trinajstić information content (AvgIpc) is 2.62. The van der Waals surface area contributed by atoms with Crippen LogP contribution in [0.1, 0.15) is 30.0 Å². The SMILES string of the molecule is CC/C(C=N)=C(/C(=O)NC)N1CCN(Cc2ccc(C)cc2C)CC1.[W]. The van der Waals surface area contributed by atoms with Crippen LogP contribution in [-0.2, 0) is 32.4 Å². The van der Waals surface area contributed by atoms with Crippen LogP contribution in [0, 0.1) is 19.3 Å². The van der Waals surface area contributed by atoms with E-state index in [9.17, 15) is 4.79 Å². The summed E-state index contributed by atoms with van der Waals surface area (Å²) in [6.07, 6.45) is 2.00. The van der Waals surface area contributed by atoms with E-state index >= 15 is 0 Å². The first kappa shape index (κ1) is 22.6. The first-order valence-electron chi connectivity index (χ1n) is 8.99. The molecule has 0 spiro atoms. The molecule has 5 nitrogen and oxygen atoms in total. The zero-order chi connectivity index (χ0) is 18.4. The minimum Gasteiger partial charge on any atom is -0.364 e. The van der Waals surface area contributed by atoms with E-state index in [1.807, 2.05) is 6.92 Å². The van der Waals surface area contributed by atoms with Gasteiger partial charge in [0.05, 0.1) is 0 Å². The number of nitrogens with zero attached hydrogens (tertiary/aromatic N) is 2. The van der Waals surface area contributed by atoms with Gasteiger partial charge in [0, 0.05) is 67.1 Å². The van der Waals surface area contributed by atoms with Gasteiger partial charge >= 0.3 is 0 Å². The van der Waals surface area contributed by atoms with Gasteiger partial charge in [0.25, 0.3) is 5.91 Å². The Kier molecular flexibility index (Phi) is 9.24. The van der Waals surface area contributed by atoms with Gasteiger partial charge in [-0.2, -0.15) is 0 Å². The molecule has 1 aromatic rings. The maximum absolute atomic E-state index is 12.3. The standard InChI is InChI=1S/C20H30N4O.W/c1-5-17(13-21)19(20(25)22-4)24-10-8-23(9-11-24)14-18-7-6-15(2)12-16(18)3;/h6-7,12-13,21H,5,8-11,14H2,1-4H3,(H,22,25);/b19-17+,21-13?;. The Bertz CT molecular complexity index is 664. The second kappa shape index (κ2) is 10.6. The predicted molar refractivity (Wildman–Crippen MR) is 103 cm³/mol. The molecule has 1 aliphatic heterocycles. The molecule has 142 valence electrons. The molecule has 0 bridgehead atoms. The summed E-state index contributed by atoms with van der Waals surface area (Å²) < 4.78 is 0. The van der Waals surface area contributed by atoms with E-state index in [2.05, 4.69) is 47.2 Å². The summed E-state index contributed by atoms with van der Waals surface area (Å²) in [4.78, 5) is 16.9. The van der Waals surface area contributed by atoms with E-state index in [0.717, 1.165) is 38.3 Å². The van der Waals surface area contributed by atoms with Crippen LogP contribution < -0.4 is 5.32 Å². The number of carbonyl (C=O) groups excluding carboxylic acids is 1. The van der Waals surface area contributed by atoms with Crippen LogP contribution in [0.15, 0.2) is 29.5 Å². The zero-order valence-corrected chi connectivity index (χ0v) is 19.2. The molecule has 0 aliphatic carbocycles. The van der Waals surface area contributed by atoms with Crippen LogP contribution in [-0.4, -0.2) is 55.1 Å². The van der Waals surface area contributed by atoms with E-state index in [0.29, 0.717) is 12.1 Å². The molecule has 2 rings (SSSR count). The van der Waals surface area contributed by atoms with Crippen molar-refractivity contribution in [1.82, 2.24) is 15.1 Å². The third kappa shape index (κ3) is 5.52. The molecule has 0 aromatic heterocycles. The van der Waals surface area contributed by atoms with E-state index in [-0.39, 0.29) is 27.0 Å². The predicted octanol–water partition coefficient (Wildman–Crippen LogP) is 2.48. The number of piperazine rings is 1. The van der Waals surface area contributed by atoms with Crippen LogP contribution in [0.2, 0.25) is 0 Å². The summed E-state index contributed by atoms with van der Waals surface area (Å²) in [5, 5.41) is 10.3. The second-order valence-corrected chi connectivity index (χ2v) is 6.64. The number of carbonyl (C=O) groups is 1. The minimum absolute atomic E-state index is 0. The largest absolute Gasteiger partial charge is 0.364 e. The number of aryl methyl sites for hydroxylation is 2. The first-order chi connectivity index (χ1) is 12.0. The average molecular weight is 526 g/mol. The number of nitrogens with one attached hydrogen (secondary N) is 2. The van der Waals surface area contributed by atoms with Gasteiger partial charge in [0.2, 0.25) is 0 Å². The Hall–Kier alpha value is -1.45. The van der Waals surface area contributed by atoms with Crippen molar-refractivity contribution in [3.8, 4) is 0 Å². The van der Waals surface area contributed by atoms with Gasteiger partial charge in [-0.15, -0.1) is 0 Å². The molecule has 6 heteroatoms. The zero-order valence-electron chi connectivity index (χ0n) is 16.3. The molecular weight excluding hydrogens is 496 g/mol. The van der Waals surface area contributed by atoms with Crippen molar-refractivity contribution in [3.05, 3.63) is 46.2 Å². The van der Waals surface area contributed by atoms with Crippen molar-refractivity contribution in [3.63, 3.8) is 0 Å². The van der Waals surface area contributed by atoms with Gasteiger partial charge in [-0.1, -0.05) is 30.7 Å². The Morgan fingerprint density at radius 1 is 1.23 bits per heavy atom. The molecule has 0 saturated carbocycles. The van der Waals surface area contributed by atoms with Crippen LogP contribution >= 0.6 is 0 Å². The smallest absolute Gasteiger partial charge is 0.267 e. The van der Waals surface area contributed by atoms with E-state index < -0.39 is 0 Å². The van der Waals surface area contributed by atoms with Crippen molar-refractivity contribution in [2.24, 2.45) is 0 Å². The molecular formula is C20H30N4OW. The number of hydrogen-bond donors (Lipinski definition) is 2. The molecule has 1 fully saturated rings. The fraction of sp³-hybridized carbons (Fsp3) is 0.500. The van der Waals surface area contributed by atoms with Crippen LogP contribution in [0.4, 0.5) is 0 Å². The summed E-state index contributed by atoms with van der Waals surface area (Å²) in [7, 11) is 1.65. The topological polar surface area (TPSA) is 59.4 Å². The molecule has 26 heavy (non-hydrogen) atoms. The normalized spacial score (nSPS) is 15.8. The molecule has 2 N–H and O–H groups in total. The van der Waals surface area contributed by atoms with Gasteiger partial charge in [0.1, 0.15) is 5.70 Å². The Balaban J connectivity index is 0.00000338. The second-order valence-electron chi connectivity index (χ2n) is 6.64. The Labute approximate surface area is 171 Å². The number of amides is 1. The molecule has 1 aromatic carbocycles. The van der Waals surface area contributed by atoms with Crippen LogP contribution in [0.5, 0.6) is 0 Å².